The van der Waals surface area contributed by atoms with Crippen molar-refractivity contribution < 1.29 is 20.4 Å². The van der Waals surface area contributed by atoms with E-state index in [-0.39, 0.29) is 17.9 Å². The number of fused-ring (bicyclic) bond motifs is 3. The maximum absolute atomic E-state index is 11.0. The molecule has 19 heavy (non-hydrogen) atoms. The first kappa shape index (κ1) is 13.6. The molecule has 4 N–H and O–H groups in total. The molecular formula is C15H24O4. The van der Waals surface area contributed by atoms with Gasteiger partial charge in [-0.05, 0) is 23.7 Å². The van der Waals surface area contributed by atoms with Crippen molar-refractivity contribution in [3.63, 3.8) is 0 Å². The molecule has 3 aliphatic carbocycles. The molecule has 0 amide bonds. The summed E-state index contributed by atoms with van der Waals surface area (Å²) in [5.41, 5.74) is -2.84. The Morgan fingerprint density at radius 1 is 1.16 bits per heavy atom. The van der Waals surface area contributed by atoms with Gasteiger partial charge in [-0.25, -0.2) is 0 Å². The number of aliphatic hydroxyl groups is 4. The van der Waals surface area contributed by atoms with E-state index in [2.05, 4.69) is 0 Å². The highest BCUT2D eigenvalue weighted by molar-refractivity contribution is 5.33. The summed E-state index contributed by atoms with van der Waals surface area (Å²) in [5, 5.41) is 41.8. The molecule has 0 unspecified atom stereocenters. The lowest BCUT2D eigenvalue weighted by Crippen LogP contribution is -2.78. The molecule has 2 fully saturated rings. The van der Waals surface area contributed by atoms with Crippen LogP contribution >= 0.6 is 0 Å². The third kappa shape index (κ3) is 1.16. The quantitative estimate of drug-likeness (QED) is 0.520. The summed E-state index contributed by atoms with van der Waals surface area (Å²) in [6, 6.07) is 0. The zero-order valence-electron chi connectivity index (χ0n) is 11.8. The zero-order valence-corrected chi connectivity index (χ0v) is 11.8. The van der Waals surface area contributed by atoms with Crippen molar-refractivity contribution >= 4 is 0 Å². The van der Waals surface area contributed by atoms with E-state index in [4.69, 9.17) is 0 Å². The van der Waals surface area contributed by atoms with Crippen LogP contribution in [0.3, 0.4) is 0 Å². The molecule has 3 rings (SSSR count). The van der Waals surface area contributed by atoms with Gasteiger partial charge >= 0.3 is 0 Å². The van der Waals surface area contributed by atoms with Gasteiger partial charge in [0.1, 0.15) is 0 Å². The lowest BCUT2D eigenvalue weighted by Gasteiger charge is -2.72. The summed E-state index contributed by atoms with van der Waals surface area (Å²) >= 11 is 0. The SMILES string of the molecule is CC1(C)C[C@H]2[C@@]1(O)[C@@H](O)C[C@]1(C)C=C[C@@H](O)[C@]21CO. The Morgan fingerprint density at radius 3 is 2.32 bits per heavy atom. The summed E-state index contributed by atoms with van der Waals surface area (Å²) in [6.07, 6.45) is 3.11. The predicted molar refractivity (Wildman–Crippen MR) is 70.2 cm³/mol. The molecule has 6 atom stereocenters. The average molecular weight is 268 g/mol. The Balaban J connectivity index is 2.13. The highest BCUT2D eigenvalue weighted by Gasteiger charge is 2.77. The lowest BCUT2D eigenvalue weighted by atomic mass is 9.35. The Kier molecular flexibility index (Phi) is 2.44. The van der Waals surface area contributed by atoms with Crippen molar-refractivity contribution in [2.24, 2.45) is 22.2 Å². The first-order chi connectivity index (χ1) is 8.66. The Morgan fingerprint density at radius 2 is 1.79 bits per heavy atom. The fourth-order valence-electron chi connectivity index (χ4n) is 5.20. The summed E-state index contributed by atoms with van der Waals surface area (Å²) in [7, 11) is 0. The van der Waals surface area contributed by atoms with E-state index in [0.717, 1.165) is 0 Å². The molecule has 0 radical (unpaired) electrons. The molecule has 0 spiro atoms. The second-order valence-electron chi connectivity index (χ2n) is 7.61. The monoisotopic (exact) mass is 268 g/mol. The molecule has 0 bridgehead atoms. The van der Waals surface area contributed by atoms with Crippen LogP contribution < -0.4 is 0 Å². The molecule has 0 saturated heterocycles. The highest BCUT2D eigenvalue weighted by Crippen LogP contribution is 2.72. The largest absolute Gasteiger partial charge is 0.396 e. The second-order valence-corrected chi connectivity index (χ2v) is 7.61. The molecule has 108 valence electrons. The molecule has 3 aliphatic rings. The van der Waals surface area contributed by atoms with Crippen LogP contribution in [0.4, 0.5) is 0 Å². The first-order valence-corrected chi connectivity index (χ1v) is 7.04. The zero-order chi connectivity index (χ0) is 14.3. The fraction of sp³-hybridized carbons (Fsp3) is 0.867. The molecule has 0 aromatic heterocycles. The van der Waals surface area contributed by atoms with Crippen LogP contribution in [-0.4, -0.2) is 44.8 Å². The number of allylic oxidation sites excluding steroid dienone is 1. The standard InChI is InChI=1S/C15H24O4/c1-12(2)6-9-14(8-16)10(17)4-5-13(14,3)7-11(18)15(9,12)19/h4-5,9-11,16-19H,6-8H2,1-3H3/t9-,10-,11+,13+,14+,15-/m1/s1. The fourth-order valence-corrected chi connectivity index (χ4v) is 5.20. The van der Waals surface area contributed by atoms with Gasteiger partial charge in [0, 0.05) is 11.3 Å². The van der Waals surface area contributed by atoms with Crippen molar-refractivity contribution in [3.05, 3.63) is 12.2 Å². The van der Waals surface area contributed by atoms with Crippen molar-refractivity contribution in [1.29, 1.82) is 0 Å². The van der Waals surface area contributed by atoms with Gasteiger partial charge in [-0.3, -0.25) is 0 Å². The molecule has 0 aromatic rings. The first-order valence-electron chi connectivity index (χ1n) is 7.04. The predicted octanol–water partition coefficient (Wildman–Crippen LogP) is 0.444. The topological polar surface area (TPSA) is 80.9 Å². The van der Waals surface area contributed by atoms with Crippen molar-refractivity contribution in [2.75, 3.05) is 6.61 Å². The van der Waals surface area contributed by atoms with Gasteiger partial charge in [0.15, 0.2) is 0 Å². The Labute approximate surface area is 113 Å². The van der Waals surface area contributed by atoms with Crippen LogP contribution in [-0.2, 0) is 0 Å². The summed E-state index contributed by atoms with van der Waals surface area (Å²) < 4.78 is 0. The van der Waals surface area contributed by atoms with Gasteiger partial charge in [0.05, 0.1) is 24.4 Å². The third-order valence-electron chi connectivity index (χ3n) is 6.58. The van der Waals surface area contributed by atoms with E-state index < -0.39 is 28.6 Å². The van der Waals surface area contributed by atoms with Crippen LogP contribution in [0.1, 0.15) is 33.6 Å². The van der Waals surface area contributed by atoms with E-state index in [0.29, 0.717) is 12.8 Å². The van der Waals surface area contributed by atoms with Crippen molar-refractivity contribution in [2.45, 2.75) is 51.4 Å². The van der Waals surface area contributed by atoms with E-state index in [1.807, 2.05) is 26.8 Å². The minimum absolute atomic E-state index is 0.173. The van der Waals surface area contributed by atoms with Crippen LogP contribution in [0, 0.1) is 22.2 Å². The smallest absolute Gasteiger partial charge is 0.0992 e. The third-order valence-corrected chi connectivity index (χ3v) is 6.58. The van der Waals surface area contributed by atoms with Gasteiger partial charge in [0.2, 0.25) is 0 Å². The Bertz CT molecular complexity index is 445. The average Bonchev–Trinajstić information content (AvgIpc) is 2.58. The number of hydrogen-bond acceptors (Lipinski definition) is 4. The van der Waals surface area contributed by atoms with E-state index >= 15 is 0 Å². The van der Waals surface area contributed by atoms with Crippen LogP contribution in [0.15, 0.2) is 12.2 Å². The molecule has 2 saturated carbocycles. The number of rotatable bonds is 1. The number of aliphatic hydroxyl groups excluding tert-OH is 3. The molecule has 0 aliphatic heterocycles. The summed E-state index contributed by atoms with van der Waals surface area (Å²) in [6.45, 7) is 5.67. The van der Waals surface area contributed by atoms with Gasteiger partial charge in [-0.1, -0.05) is 32.9 Å². The molecular weight excluding hydrogens is 244 g/mol. The summed E-state index contributed by atoms with van der Waals surface area (Å²) in [5.74, 6) is -0.279. The van der Waals surface area contributed by atoms with Gasteiger partial charge in [-0.2, -0.15) is 0 Å². The minimum Gasteiger partial charge on any atom is -0.396 e. The van der Waals surface area contributed by atoms with E-state index in [1.165, 1.54) is 0 Å². The van der Waals surface area contributed by atoms with Crippen LogP contribution in [0.25, 0.3) is 0 Å². The normalized spacial score (nSPS) is 58.4. The molecule has 4 nitrogen and oxygen atoms in total. The lowest BCUT2D eigenvalue weighted by molar-refractivity contribution is -0.339. The maximum atomic E-state index is 11.0. The maximum Gasteiger partial charge on any atom is 0.0992 e. The van der Waals surface area contributed by atoms with Crippen molar-refractivity contribution in [3.8, 4) is 0 Å². The molecule has 0 aromatic carbocycles. The summed E-state index contributed by atoms with van der Waals surface area (Å²) in [4.78, 5) is 0. The van der Waals surface area contributed by atoms with Gasteiger partial charge in [0.25, 0.3) is 0 Å². The van der Waals surface area contributed by atoms with Crippen LogP contribution in [0.5, 0.6) is 0 Å². The Hall–Kier alpha value is -0.420. The van der Waals surface area contributed by atoms with Gasteiger partial charge < -0.3 is 20.4 Å². The van der Waals surface area contributed by atoms with Crippen LogP contribution in [0.2, 0.25) is 0 Å². The van der Waals surface area contributed by atoms with Crippen molar-refractivity contribution in [1.82, 2.24) is 0 Å². The van der Waals surface area contributed by atoms with E-state index in [9.17, 15) is 20.4 Å². The molecule has 0 heterocycles. The van der Waals surface area contributed by atoms with Gasteiger partial charge in [-0.15, -0.1) is 0 Å². The number of hydrogen-bond donors (Lipinski definition) is 4. The second kappa shape index (κ2) is 3.42. The van der Waals surface area contributed by atoms with E-state index in [1.54, 1.807) is 6.08 Å². The highest BCUT2D eigenvalue weighted by atomic mass is 16.3. The minimum atomic E-state index is -1.22. The molecule has 4 heteroatoms.